The summed E-state index contributed by atoms with van der Waals surface area (Å²) in [5.41, 5.74) is 11.2. The van der Waals surface area contributed by atoms with Crippen molar-refractivity contribution in [2.75, 3.05) is 0 Å². The third-order valence-corrected chi connectivity index (χ3v) is 11.1. The van der Waals surface area contributed by atoms with Crippen LogP contribution in [0.15, 0.2) is 66.4 Å². The van der Waals surface area contributed by atoms with Crippen molar-refractivity contribution in [3.05, 3.63) is 99.6 Å². The molecule has 5 rings (SSSR count). The average molecular weight is 895 g/mol. The van der Waals surface area contributed by atoms with Gasteiger partial charge in [-0.25, -0.2) is 0 Å². The Bertz CT molecular complexity index is 1980. The zero-order valence-electron chi connectivity index (χ0n) is 33.6. The number of hydrogen-bond donors (Lipinski definition) is 1. The molecular weight excluding hydrogens is 835 g/mol. The topological polar surface area (TPSA) is 50.2 Å². The molecule has 3 nitrogen and oxygen atoms in total. The Kier molecular flexibility index (Phi) is 15.6. The predicted molar refractivity (Wildman–Crippen MR) is 222 cm³/mol. The van der Waals surface area contributed by atoms with Gasteiger partial charge < -0.3 is 5.11 Å². The summed E-state index contributed by atoms with van der Waals surface area (Å²) in [6.45, 7) is 26.2. The first-order valence-corrected chi connectivity index (χ1v) is 19.8. The Morgan fingerprint density at radius 3 is 2.04 bits per heavy atom. The second-order valence-electron chi connectivity index (χ2n) is 15.7. The summed E-state index contributed by atoms with van der Waals surface area (Å²) in [5, 5.41) is 12.2. The standard InChI is InChI=1S/C34H36NS.C13H24O2.Ir/c1-20(2)13-24-14-21(3)32(22(4)15-24)28-19-30(35-31-16-23(5)36-33(28)31)26-17-25-11-9-10-12-27(25)29(18-26)34(6,7)8;1-5-10(6-2)12(14)9-13(15)11(7-3)8-4;/h9-12,14-16,18-20H,13H2,1-8H3;9-11,14H,5-8H2,1-4H3;/q-1;;/b;12-9-;. The zero-order valence-corrected chi connectivity index (χ0v) is 36.8. The summed E-state index contributed by atoms with van der Waals surface area (Å²) < 4.78 is 1.27. The number of hydrogen-bond acceptors (Lipinski definition) is 4. The van der Waals surface area contributed by atoms with Gasteiger partial charge in [0.25, 0.3) is 0 Å². The molecule has 0 saturated carbocycles. The van der Waals surface area contributed by atoms with Crippen LogP contribution in [0, 0.1) is 44.6 Å². The number of pyridine rings is 1. The molecule has 2 aromatic heterocycles. The molecule has 0 amide bonds. The summed E-state index contributed by atoms with van der Waals surface area (Å²) in [5.74, 6) is 1.19. The van der Waals surface area contributed by atoms with Gasteiger partial charge in [-0.3, -0.25) is 9.78 Å². The van der Waals surface area contributed by atoms with Gasteiger partial charge in [-0.2, -0.15) is 0 Å². The van der Waals surface area contributed by atoms with Gasteiger partial charge in [0.2, 0.25) is 0 Å². The van der Waals surface area contributed by atoms with E-state index >= 15 is 0 Å². The van der Waals surface area contributed by atoms with E-state index in [1.165, 1.54) is 54.4 Å². The second kappa shape index (κ2) is 18.8. The summed E-state index contributed by atoms with van der Waals surface area (Å²) in [6, 6.07) is 23.9. The molecule has 0 aliphatic rings. The minimum atomic E-state index is 0. The maximum atomic E-state index is 11.7. The van der Waals surface area contributed by atoms with Crippen molar-refractivity contribution in [3.8, 4) is 22.4 Å². The molecule has 0 saturated heterocycles. The number of aliphatic hydroxyl groups excluding tert-OH is 1. The number of ketones is 1. The molecule has 3 aromatic carbocycles. The number of nitrogens with zero attached hydrogens (tertiary/aromatic N) is 1. The molecule has 1 N–H and O–H groups in total. The molecule has 0 aliphatic heterocycles. The van der Waals surface area contributed by atoms with Crippen molar-refractivity contribution in [2.24, 2.45) is 17.8 Å². The van der Waals surface area contributed by atoms with Crippen LogP contribution in [0.5, 0.6) is 0 Å². The Morgan fingerprint density at radius 1 is 0.885 bits per heavy atom. The minimum Gasteiger partial charge on any atom is -0.512 e. The Hall–Kier alpha value is -3.11. The normalized spacial score (nSPS) is 12.1. The molecule has 2 heterocycles. The van der Waals surface area contributed by atoms with Crippen molar-refractivity contribution in [1.29, 1.82) is 0 Å². The first-order valence-electron chi connectivity index (χ1n) is 19.0. The summed E-state index contributed by atoms with van der Waals surface area (Å²) in [4.78, 5) is 18.2. The third-order valence-electron chi connectivity index (χ3n) is 10.0. The number of aryl methyl sites for hydroxylation is 3. The quantitative estimate of drug-likeness (QED) is 0.0816. The number of aromatic nitrogens is 1. The molecule has 1 radical (unpaired) electrons. The van der Waals surface area contributed by atoms with Crippen LogP contribution in [-0.2, 0) is 36.7 Å². The van der Waals surface area contributed by atoms with Crippen molar-refractivity contribution >= 4 is 38.1 Å². The summed E-state index contributed by atoms with van der Waals surface area (Å²) in [7, 11) is 0. The Balaban J connectivity index is 0.000000389. The molecule has 0 fully saturated rings. The second-order valence-corrected chi connectivity index (χ2v) is 17.0. The van der Waals surface area contributed by atoms with Crippen molar-refractivity contribution in [2.45, 2.75) is 121 Å². The van der Waals surface area contributed by atoms with Crippen LogP contribution >= 0.6 is 11.3 Å². The third kappa shape index (κ3) is 10.3. The number of rotatable bonds is 11. The van der Waals surface area contributed by atoms with Gasteiger partial charge in [0.05, 0.1) is 16.0 Å². The molecule has 52 heavy (non-hydrogen) atoms. The summed E-state index contributed by atoms with van der Waals surface area (Å²) >= 11 is 1.85. The number of allylic oxidation sites excluding steroid dienone is 2. The van der Waals surface area contributed by atoms with Gasteiger partial charge in [0.15, 0.2) is 5.78 Å². The van der Waals surface area contributed by atoms with Crippen molar-refractivity contribution in [1.82, 2.24) is 4.98 Å². The number of fused-ring (bicyclic) bond motifs is 2. The summed E-state index contributed by atoms with van der Waals surface area (Å²) in [6.07, 6.45) is 6.02. The Labute approximate surface area is 331 Å². The van der Waals surface area contributed by atoms with E-state index in [0.29, 0.717) is 5.92 Å². The SMILES string of the molecule is CCC(CC)C(=O)/C=C(\O)C(CC)CC.Cc1cc2nc(-c3[c-]c4ccccc4c(C(C)(C)C)c3)cc(-c3c(C)cc(CC(C)C)cc3C)c2s1.[Ir]. The van der Waals surface area contributed by atoms with Crippen LogP contribution in [0.1, 0.15) is 115 Å². The number of thiophene rings is 1. The molecule has 0 atom stereocenters. The molecular formula is C47H60IrNO2S-. The molecule has 0 aliphatic carbocycles. The van der Waals surface area contributed by atoms with E-state index in [-0.39, 0.29) is 48.9 Å². The van der Waals surface area contributed by atoms with Crippen LogP contribution < -0.4 is 0 Å². The molecule has 0 unspecified atom stereocenters. The molecule has 0 spiro atoms. The van der Waals surface area contributed by atoms with Gasteiger partial charge in [0.1, 0.15) is 0 Å². The first-order chi connectivity index (χ1) is 24.1. The van der Waals surface area contributed by atoms with Gasteiger partial charge in [-0.05, 0) is 98.1 Å². The van der Waals surface area contributed by atoms with Crippen molar-refractivity contribution in [3.63, 3.8) is 0 Å². The zero-order chi connectivity index (χ0) is 37.6. The molecule has 0 bridgehead atoms. The fraction of sp³-hybridized carbons (Fsp3) is 0.447. The molecule has 281 valence electrons. The fourth-order valence-electron chi connectivity index (χ4n) is 7.30. The number of carbonyl (C=O) groups is 1. The largest absolute Gasteiger partial charge is 0.512 e. The van der Waals surface area contributed by atoms with E-state index in [4.69, 9.17) is 4.98 Å². The molecule has 5 heteroatoms. The maximum absolute atomic E-state index is 11.7. The monoisotopic (exact) mass is 895 g/mol. The van der Waals surface area contributed by atoms with E-state index in [1.54, 1.807) is 0 Å². The average Bonchev–Trinajstić information content (AvgIpc) is 3.44. The van der Waals surface area contributed by atoms with Gasteiger partial charge in [0, 0.05) is 48.6 Å². The smallest absolute Gasteiger partial charge is 0.162 e. The predicted octanol–water partition coefficient (Wildman–Crippen LogP) is 13.9. The van der Waals surface area contributed by atoms with Crippen LogP contribution in [-0.4, -0.2) is 15.9 Å². The maximum Gasteiger partial charge on any atom is 0.162 e. The van der Waals surface area contributed by atoms with Crippen LogP contribution in [0.3, 0.4) is 0 Å². The van der Waals surface area contributed by atoms with Crippen LogP contribution in [0.2, 0.25) is 0 Å². The van der Waals surface area contributed by atoms with Crippen molar-refractivity contribution < 1.29 is 30.0 Å². The minimum absolute atomic E-state index is 0. The Morgan fingerprint density at radius 2 is 1.48 bits per heavy atom. The van der Waals surface area contributed by atoms with Crippen LogP contribution in [0.25, 0.3) is 43.4 Å². The number of benzene rings is 3. The van der Waals surface area contributed by atoms with Gasteiger partial charge in [-0.15, -0.1) is 40.5 Å². The van der Waals surface area contributed by atoms with Gasteiger partial charge in [-0.1, -0.05) is 110 Å². The van der Waals surface area contributed by atoms with E-state index in [0.717, 1.165) is 54.3 Å². The van der Waals surface area contributed by atoms with Gasteiger partial charge >= 0.3 is 0 Å². The van der Waals surface area contributed by atoms with E-state index in [2.05, 4.69) is 116 Å². The van der Waals surface area contributed by atoms with E-state index < -0.39 is 0 Å². The fourth-order valence-corrected chi connectivity index (χ4v) is 8.27. The number of carbonyl (C=O) groups excluding carboxylic acids is 1. The molecule has 5 aromatic rings. The first kappa shape index (κ1) is 43.3. The number of aliphatic hydroxyl groups is 1. The van der Waals surface area contributed by atoms with E-state index in [9.17, 15) is 9.90 Å². The van der Waals surface area contributed by atoms with Crippen LogP contribution in [0.4, 0.5) is 0 Å². The van der Waals surface area contributed by atoms with E-state index in [1.807, 2.05) is 39.0 Å².